The second kappa shape index (κ2) is 6.09. The van der Waals surface area contributed by atoms with Crippen molar-refractivity contribution >= 4 is 10.9 Å². The molecule has 6 rings (SSSR count). The molecule has 3 aromatic carbocycles. The van der Waals surface area contributed by atoms with Crippen molar-refractivity contribution in [2.75, 3.05) is 0 Å². The number of aryl methyl sites for hydroxylation is 1. The minimum Gasteiger partial charge on any atom is -0.355 e. The summed E-state index contributed by atoms with van der Waals surface area (Å²) in [5, 5.41) is 1.33. The van der Waals surface area contributed by atoms with E-state index in [0.717, 1.165) is 0 Å². The van der Waals surface area contributed by atoms with E-state index >= 15 is 0 Å². The highest BCUT2D eigenvalue weighted by Gasteiger charge is 2.41. The first-order valence-electron chi connectivity index (χ1n) is 10.8. The average Bonchev–Trinajstić information content (AvgIpc) is 3.34. The van der Waals surface area contributed by atoms with E-state index in [1.165, 1.54) is 55.5 Å². The van der Waals surface area contributed by atoms with Gasteiger partial charge in [-0.15, -0.1) is 0 Å². The van der Waals surface area contributed by atoms with Crippen molar-refractivity contribution in [3.63, 3.8) is 0 Å². The molecule has 0 spiro atoms. The van der Waals surface area contributed by atoms with Crippen LogP contribution in [0.25, 0.3) is 33.3 Å². The van der Waals surface area contributed by atoms with Gasteiger partial charge in [0.2, 0.25) is 0 Å². The highest BCUT2D eigenvalue weighted by molar-refractivity contribution is 5.91. The number of aromatic nitrogens is 1. The monoisotopic (exact) mass is 387 g/mol. The van der Waals surface area contributed by atoms with Gasteiger partial charge in [-0.2, -0.15) is 0 Å². The topological polar surface area (TPSA) is 15.8 Å². The Morgan fingerprint density at radius 1 is 0.733 bits per heavy atom. The number of benzene rings is 3. The zero-order valence-corrected chi connectivity index (χ0v) is 17.7. The molecular weight excluding hydrogens is 362 g/mol. The van der Waals surface area contributed by atoms with Crippen LogP contribution in [-0.2, 0) is 5.41 Å². The summed E-state index contributed by atoms with van der Waals surface area (Å²) in [4.78, 5) is 3.66. The van der Waals surface area contributed by atoms with E-state index in [1.807, 2.05) is 0 Å². The zero-order chi connectivity index (χ0) is 20.5. The van der Waals surface area contributed by atoms with Crippen LogP contribution >= 0.6 is 0 Å². The summed E-state index contributed by atoms with van der Waals surface area (Å²) in [5.41, 5.74) is 12.1. The van der Waals surface area contributed by atoms with Gasteiger partial charge in [0.15, 0.2) is 0 Å². The van der Waals surface area contributed by atoms with Gasteiger partial charge in [-0.3, -0.25) is 0 Å². The lowest BCUT2D eigenvalue weighted by atomic mass is 9.67. The van der Waals surface area contributed by atoms with Crippen LogP contribution in [0.2, 0.25) is 0 Å². The van der Waals surface area contributed by atoms with Crippen molar-refractivity contribution in [1.29, 1.82) is 0 Å². The molecule has 0 saturated carbocycles. The fraction of sp³-hybridized carbons (Fsp3) is 0.172. The van der Waals surface area contributed by atoms with Crippen molar-refractivity contribution in [1.82, 2.24) is 4.98 Å². The van der Waals surface area contributed by atoms with Crippen molar-refractivity contribution in [3.8, 4) is 22.4 Å². The summed E-state index contributed by atoms with van der Waals surface area (Å²) in [5.74, 6) is 0.324. The van der Waals surface area contributed by atoms with Crippen molar-refractivity contribution in [2.45, 2.75) is 32.1 Å². The molecule has 1 heteroatoms. The van der Waals surface area contributed by atoms with Crippen LogP contribution in [0, 0.1) is 6.92 Å². The molecule has 0 aromatic heterocycles. The Labute approximate surface area is 177 Å². The number of aromatic amines is 1. The Kier molecular flexibility index (Phi) is 3.56. The summed E-state index contributed by atoms with van der Waals surface area (Å²) in [6.07, 6.45) is 0. The van der Waals surface area contributed by atoms with Crippen LogP contribution in [0.3, 0.4) is 0 Å². The van der Waals surface area contributed by atoms with Crippen LogP contribution in [0.15, 0.2) is 84.9 Å². The number of pyridine rings is 1. The van der Waals surface area contributed by atoms with Crippen molar-refractivity contribution in [2.24, 2.45) is 0 Å². The van der Waals surface area contributed by atoms with E-state index < -0.39 is 0 Å². The number of fused-ring (bicyclic) bond motifs is 5. The Balaban J connectivity index is 1.66. The van der Waals surface area contributed by atoms with E-state index in [-0.39, 0.29) is 5.41 Å². The Morgan fingerprint density at radius 2 is 1.40 bits per heavy atom. The van der Waals surface area contributed by atoms with Crippen LogP contribution in [0.4, 0.5) is 0 Å². The number of hydrogen-bond acceptors (Lipinski definition) is 0. The molecule has 3 aromatic rings. The van der Waals surface area contributed by atoms with Crippen LogP contribution in [-0.4, -0.2) is 4.98 Å². The lowest BCUT2D eigenvalue weighted by Crippen LogP contribution is -2.28. The van der Waals surface area contributed by atoms with Gasteiger partial charge in [0.1, 0.15) is 0 Å². The summed E-state index contributed by atoms with van der Waals surface area (Å²) < 4.78 is 0. The highest BCUT2D eigenvalue weighted by atomic mass is 14.7. The maximum atomic E-state index is 3.66. The van der Waals surface area contributed by atoms with E-state index in [9.17, 15) is 0 Å². The molecule has 30 heavy (non-hydrogen) atoms. The Hall–Kier alpha value is -3.32. The lowest BCUT2D eigenvalue weighted by Gasteiger charge is -2.36. The van der Waals surface area contributed by atoms with Gasteiger partial charge in [0.05, 0.1) is 0 Å². The quantitative estimate of drug-likeness (QED) is 0.320. The Bertz CT molecular complexity index is 1340. The van der Waals surface area contributed by atoms with Crippen LogP contribution in [0.1, 0.15) is 42.0 Å². The first kappa shape index (κ1) is 17.5. The van der Waals surface area contributed by atoms with Gasteiger partial charge in [-0.05, 0) is 64.1 Å². The minimum absolute atomic E-state index is 0.0690. The van der Waals surface area contributed by atoms with Crippen LogP contribution < -0.4 is 0 Å². The predicted octanol–water partition coefficient (Wildman–Crippen LogP) is 7.67. The fourth-order valence-corrected chi connectivity index (χ4v) is 5.89. The maximum absolute atomic E-state index is 3.66. The molecule has 1 aliphatic heterocycles. The maximum Gasteiger partial charge on any atom is 0.0461 e. The van der Waals surface area contributed by atoms with E-state index in [0.29, 0.717) is 5.92 Å². The molecule has 0 amide bonds. The summed E-state index contributed by atoms with van der Waals surface area (Å²) in [6.45, 7) is 7.11. The number of hydrogen-bond donors (Lipinski definition) is 1. The number of H-pyrrole nitrogens is 1. The first-order valence-corrected chi connectivity index (χ1v) is 10.8. The van der Waals surface area contributed by atoms with Crippen molar-refractivity contribution in [3.05, 3.63) is 107 Å². The number of nitrogens with one attached hydrogen (secondary N) is 1. The normalized spacial score (nSPS) is 13.7. The molecule has 0 atom stereocenters. The molecule has 0 fully saturated rings. The molecule has 0 radical (unpaired) electrons. The second-order valence-corrected chi connectivity index (χ2v) is 9.21. The molecule has 0 bridgehead atoms. The lowest BCUT2D eigenvalue weighted by molar-refractivity contribution is 0.467. The first-order chi connectivity index (χ1) is 14.6. The zero-order valence-electron chi connectivity index (χ0n) is 17.7. The van der Waals surface area contributed by atoms with E-state index in [1.54, 1.807) is 0 Å². The molecule has 1 N–H and O–H groups in total. The SMILES string of the molecule is Cc1ccc2[nH]c3cccc-3cc2c1C(C)(C)C1c2ccccc2-c2ccccc21. The molecule has 2 aliphatic carbocycles. The molecule has 3 aliphatic rings. The summed E-state index contributed by atoms with van der Waals surface area (Å²) in [7, 11) is 0. The van der Waals surface area contributed by atoms with E-state index in [4.69, 9.17) is 0 Å². The Morgan fingerprint density at radius 3 is 2.10 bits per heavy atom. The molecule has 0 saturated heterocycles. The predicted molar refractivity (Wildman–Crippen MR) is 126 cm³/mol. The van der Waals surface area contributed by atoms with Gasteiger partial charge in [-0.1, -0.05) is 80.6 Å². The smallest absolute Gasteiger partial charge is 0.0461 e. The van der Waals surface area contributed by atoms with Gasteiger partial charge in [-0.25, -0.2) is 0 Å². The third kappa shape index (κ3) is 2.29. The van der Waals surface area contributed by atoms with Crippen molar-refractivity contribution < 1.29 is 0 Å². The molecule has 0 unspecified atom stereocenters. The molecule has 146 valence electrons. The minimum atomic E-state index is -0.0690. The fourth-order valence-electron chi connectivity index (χ4n) is 5.89. The van der Waals surface area contributed by atoms with Gasteiger partial charge >= 0.3 is 0 Å². The largest absolute Gasteiger partial charge is 0.355 e. The van der Waals surface area contributed by atoms with Crippen LogP contribution in [0.5, 0.6) is 0 Å². The average molecular weight is 388 g/mol. The molecule has 1 nitrogen and oxygen atoms in total. The third-order valence-electron chi connectivity index (χ3n) is 7.07. The van der Waals surface area contributed by atoms with E-state index in [2.05, 4.69) is 111 Å². The molecule has 1 heterocycles. The van der Waals surface area contributed by atoms with Gasteiger partial charge < -0.3 is 4.98 Å². The standard InChI is InChI=1S/C29H25N/c1-18-15-16-26-24(17-19-9-8-14-25(19)30-26)27(18)29(2,3)28-22-12-6-4-10-20(22)21-11-5-7-13-23(21)28/h4-17,28,30H,1-3H3. The number of rotatable bonds is 2. The van der Waals surface area contributed by atoms with Gasteiger partial charge in [0, 0.05) is 27.9 Å². The summed E-state index contributed by atoms with van der Waals surface area (Å²) >= 11 is 0. The second-order valence-electron chi connectivity index (χ2n) is 9.21. The van der Waals surface area contributed by atoms with Gasteiger partial charge in [0.25, 0.3) is 0 Å². The third-order valence-corrected chi connectivity index (χ3v) is 7.07. The summed E-state index contributed by atoms with van der Waals surface area (Å²) in [6, 6.07) is 31.3. The highest BCUT2D eigenvalue weighted by Crippen LogP contribution is 2.54. The molecular formula is C29H25N.